The summed E-state index contributed by atoms with van der Waals surface area (Å²) in [5.74, 6) is 0.318. The van der Waals surface area contributed by atoms with Crippen LogP contribution in [0.1, 0.15) is 42.7 Å². The summed E-state index contributed by atoms with van der Waals surface area (Å²) in [6, 6.07) is 13.7. The maximum atomic E-state index is 15.6. The Morgan fingerprint density at radius 3 is 2.50 bits per heavy atom. The van der Waals surface area contributed by atoms with E-state index in [-0.39, 0.29) is 59.6 Å². The van der Waals surface area contributed by atoms with Gasteiger partial charge in [0.25, 0.3) is 5.56 Å². The minimum atomic E-state index is -4.68. The number of halogens is 4. The van der Waals surface area contributed by atoms with Gasteiger partial charge in [-0.15, -0.1) is 0 Å². The Kier molecular flexibility index (Phi) is 10.4. The lowest BCUT2D eigenvalue weighted by molar-refractivity contribution is -0.140. The number of carbonyl (C=O) groups is 2. The van der Waals surface area contributed by atoms with Gasteiger partial charge >= 0.3 is 12.2 Å². The average Bonchev–Trinajstić information content (AvgIpc) is 3.51. The number of carbonyl (C=O) groups excluding carboxylic acids is 2. The number of urea groups is 1. The van der Waals surface area contributed by atoms with Crippen molar-refractivity contribution in [1.29, 1.82) is 0 Å². The molecule has 3 saturated heterocycles. The number of rotatable bonds is 9. The molecule has 8 rings (SSSR count). The van der Waals surface area contributed by atoms with E-state index < -0.39 is 53.1 Å². The van der Waals surface area contributed by atoms with Crippen LogP contribution < -0.4 is 21.1 Å². The molecular weight excluding hydrogens is 785 g/mol. The SMILES string of the molecule is Cn1nc(N2CCC(=O)NC2=O)c2ccc(C3CCN(Cc4cccc(S(=O)(=O)N5CC[C@H](Nc6ncc7ccc(=O)n(CC(F)(F)F)c7n6)[C@H](F)C5)c4)CC3)cc21. The fourth-order valence-electron chi connectivity index (χ4n) is 8.01. The minimum absolute atomic E-state index is 0.0228. The molecule has 3 aromatic heterocycles. The van der Waals surface area contributed by atoms with Crippen LogP contribution in [0.5, 0.6) is 0 Å². The molecule has 2 atom stereocenters. The number of sulfonamides is 1. The van der Waals surface area contributed by atoms with Gasteiger partial charge in [0.2, 0.25) is 21.9 Å². The number of anilines is 2. The van der Waals surface area contributed by atoms with Crippen LogP contribution in [0, 0.1) is 0 Å². The Bertz CT molecular complexity index is 2570. The molecule has 0 saturated carbocycles. The Morgan fingerprint density at radius 2 is 1.76 bits per heavy atom. The lowest BCUT2D eigenvalue weighted by Gasteiger charge is -2.34. The van der Waals surface area contributed by atoms with Gasteiger partial charge in [0.1, 0.15) is 18.4 Å². The van der Waals surface area contributed by atoms with Crippen molar-refractivity contribution >= 4 is 55.7 Å². The van der Waals surface area contributed by atoms with Gasteiger partial charge in [-0.2, -0.15) is 27.6 Å². The number of fused-ring (bicyclic) bond motifs is 2. The molecular formula is C38H40F4N10O5S. The van der Waals surface area contributed by atoms with Crippen LogP contribution in [-0.4, -0.2) is 105 Å². The number of imide groups is 1. The molecule has 0 spiro atoms. The second-order valence-electron chi connectivity index (χ2n) is 14.9. The molecule has 58 heavy (non-hydrogen) atoms. The number of hydrogen-bond donors (Lipinski definition) is 2. The number of piperidine rings is 2. The lowest BCUT2D eigenvalue weighted by atomic mass is 9.89. The lowest BCUT2D eigenvalue weighted by Crippen LogP contribution is -2.50. The molecule has 3 aliphatic rings. The number of alkyl halides is 4. The van der Waals surface area contributed by atoms with Crippen LogP contribution in [-0.2, 0) is 35.0 Å². The van der Waals surface area contributed by atoms with Crippen LogP contribution in [0.25, 0.3) is 21.9 Å². The van der Waals surface area contributed by atoms with Crippen molar-refractivity contribution in [3.8, 4) is 0 Å². The molecule has 0 radical (unpaired) electrons. The van der Waals surface area contributed by atoms with Crippen molar-refractivity contribution in [3.63, 3.8) is 0 Å². The number of pyridine rings is 1. The summed E-state index contributed by atoms with van der Waals surface area (Å²) in [4.78, 5) is 48.3. The zero-order valence-electron chi connectivity index (χ0n) is 31.3. The number of hydrogen-bond acceptors (Lipinski definition) is 10. The molecule has 20 heteroatoms. The van der Waals surface area contributed by atoms with Gasteiger partial charge in [-0.25, -0.2) is 22.6 Å². The van der Waals surface area contributed by atoms with E-state index in [0.29, 0.717) is 16.9 Å². The number of aryl methyl sites for hydroxylation is 1. The van der Waals surface area contributed by atoms with Crippen molar-refractivity contribution in [2.75, 3.05) is 42.9 Å². The second-order valence-corrected chi connectivity index (χ2v) is 16.9. The normalized spacial score (nSPS) is 20.5. The van der Waals surface area contributed by atoms with Gasteiger partial charge < -0.3 is 5.32 Å². The number of amides is 3. The van der Waals surface area contributed by atoms with Crippen LogP contribution >= 0.6 is 0 Å². The summed E-state index contributed by atoms with van der Waals surface area (Å²) in [6.07, 6.45) is -3.13. The molecule has 6 heterocycles. The maximum Gasteiger partial charge on any atom is 0.406 e. The molecule has 3 fully saturated rings. The number of benzene rings is 2. The zero-order chi connectivity index (χ0) is 40.9. The molecule has 5 aromatic rings. The van der Waals surface area contributed by atoms with E-state index in [2.05, 4.69) is 42.7 Å². The quantitative estimate of drug-likeness (QED) is 0.205. The highest BCUT2D eigenvalue weighted by molar-refractivity contribution is 7.89. The van der Waals surface area contributed by atoms with Gasteiger partial charge in [-0.05, 0) is 79.7 Å². The number of aromatic nitrogens is 5. The first-order valence-electron chi connectivity index (χ1n) is 18.9. The summed E-state index contributed by atoms with van der Waals surface area (Å²) in [5.41, 5.74) is 1.69. The number of nitrogens with zero attached hydrogens (tertiary/aromatic N) is 8. The van der Waals surface area contributed by atoms with Crippen molar-refractivity contribution in [3.05, 3.63) is 82.3 Å². The molecule has 15 nitrogen and oxygen atoms in total. The van der Waals surface area contributed by atoms with Gasteiger partial charge in [0.15, 0.2) is 5.82 Å². The average molecular weight is 825 g/mol. The third-order valence-electron chi connectivity index (χ3n) is 11.0. The van der Waals surface area contributed by atoms with E-state index in [4.69, 9.17) is 0 Å². The first-order valence-corrected chi connectivity index (χ1v) is 20.3. The highest BCUT2D eigenvalue weighted by Crippen LogP contribution is 2.34. The Labute approximate surface area is 329 Å². The van der Waals surface area contributed by atoms with Crippen LogP contribution in [0.4, 0.5) is 34.1 Å². The van der Waals surface area contributed by atoms with Gasteiger partial charge in [-0.1, -0.05) is 18.2 Å². The van der Waals surface area contributed by atoms with E-state index in [1.807, 2.05) is 19.2 Å². The zero-order valence-corrected chi connectivity index (χ0v) is 32.1. The van der Waals surface area contributed by atoms with Crippen molar-refractivity contribution in [2.24, 2.45) is 7.05 Å². The van der Waals surface area contributed by atoms with Gasteiger partial charge in [0, 0.05) is 62.7 Å². The van der Waals surface area contributed by atoms with E-state index >= 15 is 4.39 Å². The summed E-state index contributed by atoms with van der Waals surface area (Å²) in [7, 11) is -2.24. The smallest absolute Gasteiger partial charge is 0.348 e. The highest BCUT2D eigenvalue weighted by Gasteiger charge is 2.37. The third-order valence-corrected chi connectivity index (χ3v) is 12.9. The highest BCUT2D eigenvalue weighted by atomic mass is 32.2. The molecule has 3 aliphatic heterocycles. The molecule has 306 valence electrons. The molecule has 3 amide bonds. The molecule has 2 aromatic carbocycles. The van der Waals surface area contributed by atoms with Crippen molar-refractivity contribution in [2.45, 2.75) is 68.0 Å². The molecule has 0 unspecified atom stereocenters. The standard InChI is InChI=1S/C38H40F4N10O5S/c1-48-31-18-25(5-7-28(31)35(47-48)51-16-12-32(53)45-37(51)55)24-9-13-49(14-10-24)20-23-3-2-4-27(17-23)58(56,57)50-15-11-30(29(39)21-50)44-36-43-19-26-6-8-33(54)52(34(26)46-36)22-38(40,41)42/h2-8,17-19,24,29-30H,9-16,20-22H2,1H3,(H,43,44,46)(H,45,53,55)/t29-,30+/m1/s1. The predicted octanol–water partition coefficient (Wildman–Crippen LogP) is 4.28. The monoisotopic (exact) mass is 824 g/mol. The number of nitrogens with one attached hydrogen (secondary N) is 2. The summed E-state index contributed by atoms with van der Waals surface area (Å²) in [5, 5.41) is 10.7. The molecule has 0 bridgehead atoms. The second kappa shape index (κ2) is 15.4. The fourth-order valence-corrected chi connectivity index (χ4v) is 9.54. The van der Waals surface area contributed by atoms with Gasteiger partial charge in [-0.3, -0.25) is 34.0 Å². The maximum absolute atomic E-state index is 15.6. The van der Waals surface area contributed by atoms with Crippen LogP contribution in [0.3, 0.4) is 0 Å². The summed E-state index contributed by atoms with van der Waals surface area (Å²) >= 11 is 0. The largest absolute Gasteiger partial charge is 0.406 e. The van der Waals surface area contributed by atoms with Gasteiger partial charge in [0.05, 0.1) is 16.5 Å². The minimum Gasteiger partial charge on any atom is -0.348 e. The molecule has 0 aliphatic carbocycles. The topological polar surface area (TPSA) is 168 Å². The van der Waals surface area contributed by atoms with E-state index in [0.717, 1.165) is 58.3 Å². The van der Waals surface area contributed by atoms with Crippen LogP contribution in [0.2, 0.25) is 0 Å². The van der Waals surface area contributed by atoms with E-state index in [1.165, 1.54) is 23.2 Å². The van der Waals surface area contributed by atoms with E-state index in [9.17, 15) is 36.0 Å². The first-order chi connectivity index (χ1) is 27.6. The summed E-state index contributed by atoms with van der Waals surface area (Å²) < 4.78 is 85.9. The fraction of sp³-hybridized carbons (Fsp3) is 0.421. The first kappa shape index (κ1) is 39.4. The number of likely N-dealkylation sites (tertiary alicyclic amines) is 1. The molecule has 2 N–H and O–H groups in total. The predicted molar refractivity (Wildman–Crippen MR) is 205 cm³/mol. The Hall–Kier alpha value is -5.47. The summed E-state index contributed by atoms with van der Waals surface area (Å²) in [6.45, 7) is 0.327. The van der Waals surface area contributed by atoms with E-state index in [1.54, 1.807) is 16.8 Å². The Balaban J connectivity index is 0.878. The third kappa shape index (κ3) is 7.99. The van der Waals surface area contributed by atoms with Crippen LogP contribution in [0.15, 0.2) is 70.5 Å². The van der Waals surface area contributed by atoms with Crippen molar-refractivity contribution < 1.29 is 35.6 Å². The Morgan fingerprint density at radius 1 is 0.966 bits per heavy atom. The van der Waals surface area contributed by atoms with Crippen molar-refractivity contribution in [1.82, 2.24) is 38.8 Å².